The summed E-state index contributed by atoms with van der Waals surface area (Å²) < 4.78 is 26.5. The van der Waals surface area contributed by atoms with Gasteiger partial charge in [0.25, 0.3) is 0 Å². The second-order valence-electron chi connectivity index (χ2n) is 4.46. The van der Waals surface area contributed by atoms with Gasteiger partial charge in [0.05, 0.1) is 5.69 Å². The fourth-order valence-corrected chi connectivity index (χ4v) is 3.67. The van der Waals surface area contributed by atoms with Crippen molar-refractivity contribution in [3.8, 4) is 0 Å². The van der Waals surface area contributed by atoms with Gasteiger partial charge in [0.2, 0.25) is 10.0 Å². The lowest BCUT2D eigenvalue weighted by Crippen LogP contribution is -2.26. The largest absolute Gasteiger partial charge is 0.398 e. The van der Waals surface area contributed by atoms with E-state index >= 15 is 0 Å². The Hall–Kier alpha value is -1.92. The molecule has 19 heavy (non-hydrogen) atoms. The lowest BCUT2D eigenvalue weighted by molar-refractivity contribution is 0.431. The first-order valence-corrected chi connectivity index (χ1v) is 7.29. The van der Waals surface area contributed by atoms with Crippen molar-refractivity contribution in [2.24, 2.45) is 0 Å². The highest BCUT2D eigenvalue weighted by atomic mass is 32.2. The van der Waals surface area contributed by atoms with Crippen LogP contribution in [0.25, 0.3) is 0 Å². The first-order chi connectivity index (χ1) is 9.09. The first-order valence-electron chi connectivity index (χ1n) is 5.85. The van der Waals surface area contributed by atoms with Crippen molar-refractivity contribution in [3.05, 3.63) is 53.9 Å². The summed E-state index contributed by atoms with van der Waals surface area (Å²) in [5.74, 6) is 0. The zero-order chi connectivity index (χ0) is 13.5. The number of fused-ring (bicyclic) bond motifs is 1. The summed E-state index contributed by atoms with van der Waals surface area (Å²) in [5, 5.41) is 0. The van der Waals surface area contributed by atoms with Gasteiger partial charge in [0.15, 0.2) is 0 Å². The molecule has 0 fully saturated rings. The van der Waals surface area contributed by atoms with Gasteiger partial charge in [-0.25, -0.2) is 8.42 Å². The molecule has 1 aromatic carbocycles. The number of sulfonamides is 1. The van der Waals surface area contributed by atoms with E-state index in [0.717, 1.165) is 11.1 Å². The Labute approximate surface area is 111 Å². The van der Waals surface area contributed by atoms with E-state index in [2.05, 4.69) is 4.98 Å². The predicted molar refractivity (Wildman–Crippen MR) is 71.5 cm³/mol. The van der Waals surface area contributed by atoms with Crippen molar-refractivity contribution < 1.29 is 8.42 Å². The summed E-state index contributed by atoms with van der Waals surface area (Å²) >= 11 is 0. The van der Waals surface area contributed by atoms with Crippen LogP contribution in [0.3, 0.4) is 0 Å². The summed E-state index contributed by atoms with van der Waals surface area (Å²) in [7, 11) is -3.59. The topological polar surface area (TPSA) is 76.3 Å². The highest BCUT2D eigenvalue weighted by Crippen LogP contribution is 2.29. The van der Waals surface area contributed by atoms with Crippen LogP contribution in [0.1, 0.15) is 11.1 Å². The summed E-state index contributed by atoms with van der Waals surface area (Å²) in [6, 6.07) is 9.20. The molecule has 2 heterocycles. The lowest BCUT2D eigenvalue weighted by Gasteiger charge is -2.16. The second-order valence-corrected chi connectivity index (χ2v) is 6.36. The third kappa shape index (κ3) is 1.98. The normalized spacial score (nSPS) is 15.4. The minimum absolute atomic E-state index is 0.0720. The van der Waals surface area contributed by atoms with Crippen molar-refractivity contribution in [2.45, 2.75) is 18.0 Å². The first kappa shape index (κ1) is 12.1. The maximum atomic E-state index is 12.5. The molecule has 1 aliphatic rings. The number of hydrogen-bond donors (Lipinski definition) is 1. The van der Waals surface area contributed by atoms with Crippen LogP contribution < -0.4 is 5.73 Å². The lowest BCUT2D eigenvalue weighted by atomic mass is 10.1. The van der Waals surface area contributed by atoms with E-state index in [1.54, 1.807) is 0 Å². The molecule has 0 radical (unpaired) electrons. The molecule has 0 saturated heterocycles. The Balaban J connectivity index is 1.99. The van der Waals surface area contributed by atoms with Crippen LogP contribution in [-0.4, -0.2) is 17.7 Å². The van der Waals surface area contributed by atoms with E-state index in [1.165, 1.54) is 22.8 Å². The van der Waals surface area contributed by atoms with Crippen LogP contribution in [0.15, 0.2) is 47.6 Å². The van der Waals surface area contributed by atoms with Gasteiger partial charge in [-0.3, -0.25) is 4.98 Å². The second kappa shape index (κ2) is 4.32. The molecule has 0 bridgehead atoms. The van der Waals surface area contributed by atoms with Crippen molar-refractivity contribution >= 4 is 15.7 Å². The molecule has 3 rings (SSSR count). The molecule has 5 nitrogen and oxygen atoms in total. The minimum atomic E-state index is -3.59. The van der Waals surface area contributed by atoms with Gasteiger partial charge in [0.1, 0.15) is 4.90 Å². The third-order valence-electron chi connectivity index (χ3n) is 3.25. The van der Waals surface area contributed by atoms with Gasteiger partial charge < -0.3 is 5.73 Å². The average Bonchev–Trinajstić information content (AvgIpc) is 2.83. The summed E-state index contributed by atoms with van der Waals surface area (Å²) in [6.45, 7) is 0.764. The number of nitrogens with zero attached hydrogens (tertiary/aromatic N) is 2. The number of nitrogen functional groups attached to an aromatic ring is 1. The fourth-order valence-electron chi connectivity index (χ4n) is 2.22. The van der Waals surface area contributed by atoms with Crippen molar-refractivity contribution in [1.82, 2.24) is 9.29 Å². The Bertz CT molecular complexity index is 703. The van der Waals surface area contributed by atoms with E-state index in [4.69, 9.17) is 5.73 Å². The van der Waals surface area contributed by atoms with Crippen molar-refractivity contribution in [3.63, 3.8) is 0 Å². The molecule has 98 valence electrons. The third-order valence-corrected chi connectivity index (χ3v) is 5.08. The number of anilines is 1. The fraction of sp³-hybridized carbons (Fsp3) is 0.154. The quantitative estimate of drug-likeness (QED) is 0.898. The van der Waals surface area contributed by atoms with Gasteiger partial charge >= 0.3 is 0 Å². The van der Waals surface area contributed by atoms with E-state index in [9.17, 15) is 8.42 Å². The predicted octanol–water partition coefficient (Wildman–Crippen LogP) is 1.37. The maximum Gasteiger partial charge on any atom is 0.247 e. The molecule has 1 aliphatic heterocycles. The highest BCUT2D eigenvalue weighted by Gasteiger charge is 2.31. The van der Waals surface area contributed by atoms with Gasteiger partial charge in [-0.1, -0.05) is 24.3 Å². The number of rotatable bonds is 2. The molecule has 2 aromatic rings. The van der Waals surface area contributed by atoms with E-state index < -0.39 is 10.0 Å². The molecule has 0 amide bonds. The van der Waals surface area contributed by atoms with Gasteiger partial charge in [0, 0.05) is 25.5 Å². The van der Waals surface area contributed by atoms with Gasteiger partial charge in [-0.2, -0.15) is 4.31 Å². The molecule has 0 atom stereocenters. The number of nitrogens with two attached hydrogens (primary N) is 1. The SMILES string of the molecule is Nc1ccncc1S(=O)(=O)N1Cc2ccccc2C1. The monoisotopic (exact) mass is 275 g/mol. The molecular weight excluding hydrogens is 262 g/mol. The molecule has 1 aromatic heterocycles. The Morgan fingerprint density at radius 1 is 1.11 bits per heavy atom. The zero-order valence-corrected chi connectivity index (χ0v) is 11.0. The van der Waals surface area contributed by atoms with Crippen LogP contribution in [-0.2, 0) is 23.1 Å². The molecule has 6 heteroatoms. The highest BCUT2D eigenvalue weighted by molar-refractivity contribution is 7.89. The van der Waals surface area contributed by atoms with Crippen LogP contribution in [0.5, 0.6) is 0 Å². The Morgan fingerprint density at radius 3 is 2.32 bits per heavy atom. The number of benzene rings is 1. The summed E-state index contributed by atoms with van der Waals surface area (Å²) in [4.78, 5) is 3.92. The van der Waals surface area contributed by atoms with Crippen molar-refractivity contribution in [2.75, 3.05) is 5.73 Å². The molecule has 0 saturated carbocycles. The summed E-state index contributed by atoms with van der Waals surface area (Å²) in [5.41, 5.74) is 8.03. The van der Waals surface area contributed by atoms with E-state index in [1.807, 2.05) is 24.3 Å². The van der Waals surface area contributed by atoms with Crippen LogP contribution in [0, 0.1) is 0 Å². The Morgan fingerprint density at radius 2 is 1.74 bits per heavy atom. The average molecular weight is 275 g/mol. The molecule has 0 aliphatic carbocycles. The zero-order valence-electron chi connectivity index (χ0n) is 10.2. The molecule has 0 unspecified atom stereocenters. The number of pyridine rings is 1. The number of aromatic nitrogens is 1. The van der Waals surface area contributed by atoms with Crippen LogP contribution in [0.4, 0.5) is 5.69 Å². The molecule has 0 spiro atoms. The molecular formula is C13H13N3O2S. The standard InChI is InChI=1S/C13H13N3O2S/c14-12-5-6-15-7-13(12)19(17,18)16-8-10-3-1-2-4-11(10)9-16/h1-7H,8-9H2,(H2,14,15). The Kier molecular flexibility index (Phi) is 2.76. The summed E-state index contributed by atoms with van der Waals surface area (Å²) in [6.07, 6.45) is 2.78. The van der Waals surface area contributed by atoms with Crippen LogP contribution >= 0.6 is 0 Å². The van der Waals surface area contributed by atoms with Gasteiger partial charge in [-0.15, -0.1) is 0 Å². The smallest absolute Gasteiger partial charge is 0.247 e. The van der Waals surface area contributed by atoms with Crippen molar-refractivity contribution in [1.29, 1.82) is 0 Å². The minimum Gasteiger partial charge on any atom is -0.398 e. The maximum absolute atomic E-state index is 12.5. The van der Waals surface area contributed by atoms with Crippen LogP contribution in [0.2, 0.25) is 0 Å². The molecule has 2 N–H and O–H groups in total. The van der Waals surface area contributed by atoms with E-state index in [0.29, 0.717) is 13.1 Å². The number of hydrogen-bond acceptors (Lipinski definition) is 4. The van der Waals surface area contributed by atoms with Gasteiger partial charge in [-0.05, 0) is 17.2 Å². The van der Waals surface area contributed by atoms with E-state index in [-0.39, 0.29) is 10.6 Å².